The molecule has 5 nitrogen and oxygen atoms in total. The Balaban J connectivity index is 1.94. The average molecular weight is 432 g/mol. The van der Waals surface area contributed by atoms with Crippen molar-refractivity contribution in [3.05, 3.63) is 56.3 Å². The van der Waals surface area contributed by atoms with E-state index in [0.29, 0.717) is 5.57 Å². The molecule has 0 radical (unpaired) electrons. The Bertz CT molecular complexity index is 1020. The van der Waals surface area contributed by atoms with Crippen molar-refractivity contribution in [2.24, 2.45) is 0 Å². The number of nitrogens with one attached hydrogen (secondary N) is 1. The van der Waals surface area contributed by atoms with E-state index in [1.807, 2.05) is 56.5 Å². The zero-order chi connectivity index (χ0) is 18.4. The van der Waals surface area contributed by atoms with Crippen molar-refractivity contribution in [2.45, 2.75) is 32.9 Å². The monoisotopic (exact) mass is 431 g/mol. The number of fused-ring (bicyclic) bond motifs is 3. The van der Waals surface area contributed by atoms with Crippen molar-refractivity contribution in [1.82, 2.24) is 9.55 Å². The Kier molecular flexibility index (Phi) is 4.36. The zero-order valence-corrected chi connectivity index (χ0v) is 17.0. The quantitative estimate of drug-likeness (QED) is 0.585. The highest BCUT2D eigenvalue weighted by Gasteiger charge is 2.35. The molecular weight excluding hydrogens is 414 g/mol. The molecule has 0 bridgehead atoms. The number of imidazole rings is 1. The Morgan fingerprint density at radius 2 is 2.19 bits per heavy atom. The molecule has 0 amide bonds. The maximum absolute atomic E-state index is 12.9. The van der Waals surface area contributed by atoms with Gasteiger partial charge in [0, 0.05) is 15.0 Å². The van der Waals surface area contributed by atoms with Crippen molar-refractivity contribution in [2.75, 3.05) is 5.32 Å². The van der Waals surface area contributed by atoms with Crippen LogP contribution < -0.4 is 5.32 Å². The van der Waals surface area contributed by atoms with Crippen LogP contribution in [0.4, 0.5) is 5.95 Å². The van der Waals surface area contributed by atoms with E-state index in [-0.39, 0.29) is 18.1 Å². The van der Waals surface area contributed by atoms with Crippen LogP contribution in [0.2, 0.25) is 0 Å². The molecule has 3 aromatic rings. The van der Waals surface area contributed by atoms with Gasteiger partial charge in [0.15, 0.2) is 0 Å². The predicted octanol–water partition coefficient (Wildman–Crippen LogP) is 5.10. The molecular formula is C19H18BrN3O2S. The van der Waals surface area contributed by atoms with Gasteiger partial charge >= 0.3 is 5.97 Å². The summed E-state index contributed by atoms with van der Waals surface area (Å²) >= 11 is 5.12. The number of anilines is 1. The van der Waals surface area contributed by atoms with Gasteiger partial charge in [0.05, 0.1) is 22.7 Å². The number of thiophene rings is 1. The second-order valence-electron chi connectivity index (χ2n) is 6.47. The third kappa shape index (κ3) is 2.85. The lowest BCUT2D eigenvalue weighted by Crippen LogP contribution is -2.29. The van der Waals surface area contributed by atoms with Gasteiger partial charge in [0.2, 0.25) is 5.95 Å². The van der Waals surface area contributed by atoms with Crippen molar-refractivity contribution in [1.29, 1.82) is 0 Å². The van der Waals surface area contributed by atoms with Crippen LogP contribution in [0.15, 0.2) is 51.5 Å². The normalized spacial score (nSPS) is 16.7. The van der Waals surface area contributed by atoms with Crippen molar-refractivity contribution in [3.63, 3.8) is 0 Å². The fraction of sp³-hybridized carbons (Fsp3) is 0.263. The van der Waals surface area contributed by atoms with Crippen LogP contribution in [0.1, 0.15) is 31.7 Å². The first kappa shape index (κ1) is 17.3. The molecule has 1 unspecified atom stereocenters. The maximum atomic E-state index is 12.9. The standard InChI is InChI=1S/C19H18BrN3O2S/c1-10(2)25-18(24)16-11(3)21-19-22-13-9-12(20)6-7-14(13)23(19)17(16)15-5-4-8-26-15/h4-10,17H,1-3H3,(H,21,22). The Labute approximate surface area is 163 Å². The van der Waals surface area contributed by atoms with Crippen LogP contribution in [0.25, 0.3) is 11.0 Å². The van der Waals surface area contributed by atoms with E-state index < -0.39 is 0 Å². The number of aromatic nitrogens is 2. The second kappa shape index (κ2) is 6.55. The molecule has 0 spiro atoms. The summed E-state index contributed by atoms with van der Waals surface area (Å²) in [5.74, 6) is 0.433. The maximum Gasteiger partial charge on any atom is 0.338 e. The first-order valence-electron chi connectivity index (χ1n) is 8.35. The number of allylic oxidation sites excluding steroid dienone is 1. The molecule has 0 aliphatic carbocycles. The third-order valence-electron chi connectivity index (χ3n) is 4.26. The van der Waals surface area contributed by atoms with Crippen LogP contribution in [0, 0.1) is 0 Å². The minimum atomic E-state index is -0.298. The summed E-state index contributed by atoms with van der Waals surface area (Å²) in [6, 6.07) is 9.77. The van der Waals surface area contributed by atoms with E-state index in [9.17, 15) is 4.79 Å². The molecule has 0 saturated carbocycles. The SMILES string of the molecule is CC1=C(C(=O)OC(C)C)C(c2cccs2)n2c(nc3cc(Br)ccc32)N1. The van der Waals surface area contributed by atoms with Gasteiger partial charge in [0.1, 0.15) is 6.04 Å². The summed E-state index contributed by atoms with van der Waals surface area (Å²) in [4.78, 5) is 18.7. The lowest BCUT2D eigenvalue weighted by Gasteiger charge is -2.29. The minimum Gasteiger partial charge on any atom is -0.459 e. The highest BCUT2D eigenvalue weighted by molar-refractivity contribution is 9.10. The highest BCUT2D eigenvalue weighted by Crippen LogP contribution is 2.41. The van der Waals surface area contributed by atoms with Crippen LogP contribution in [-0.4, -0.2) is 21.6 Å². The number of hydrogen-bond donors (Lipinski definition) is 1. The molecule has 4 rings (SSSR count). The number of hydrogen-bond acceptors (Lipinski definition) is 5. The molecule has 134 valence electrons. The van der Waals surface area contributed by atoms with Gasteiger partial charge in [-0.05, 0) is 50.4 Å². The van der Waals surface area contributed by atoms with Crippen LogP contribution in [0.5, 0.6) is 0 Å². The van der Waals surface area contributed by atoms with Crippen molar-refractivity contribution < 1.29 is 9.53 Å². The molecule has 1 aromatic carbocycles. The van der Waals surface area contributed by atoms with Crippen molar-refractivity contribution in [3.8, 4) is 0 Å². The molecule has 1 atom stereocenters. The summed E-state index contributed by atoms with van der Waals surface area (Å²) in [7, 11) is 0. The summed E-state index contributed by atoms with van der Waals surface area (Å²) in [5, 5.41) is 5.31. The lowest BCUT2D eigenvalue weighted by molar-refractivity contribution is -0.143. The largest absolute Gasteiger partial charge is 0.459 e. The molecule has 3 heterocycles. The fourth-order valence-corrected chi connectivity index (χ4v) is 4.42. The van der Waals surface area contributed by atoms with Gasteiger partial charge in [-0.3, -0.25) is 4.57 Å². The van der Waals surface area contributed by atoms with Crippen LogP contribution in [0.3, 0.4) is 0 Å². The van der Waals surface area contributed by atoms with Crippen molar-refractivity contribution >= 4 is 50.2 Å². The first-order chi connectivity index (χ1) is 12.5. The molecule has 7 heteroatoms. The second-order valence-corrected chi connectivity index (χ2v) is 8.37. The zero-order valence-electron chi connectivity index (χ0n) is 14.6. The topological polar surface area (TPSA) is 56.2 Å². The Morgan fingerprint density at radius 3 is 2.88 bits per heavy atom. The van der Waals surface area contributed by atoms with Gasteiger partial charge in [-0.25, -0.2) is 9.78 Å². The fourth-order valence-electron chi connectivity index (χ4n) is 3.25. The predicted molar refractivity (Wildman–Crippen MR) is 107 cm³/mol. The summed E-state index contributed by atoms with van der Waals surface area (Å²) in [6.07, 6.45) is -0.177. The number of ether oxygens (including phenoxy) is 1. The number of esters is 1. The summed E-state index contributed by atoms with van der Waals surface area (Å²) in [6.45, 7) is 5.62. The van der Waals surface area contributed by atoms with Gasteiger partial charge in [-0.2, -0.15) is 0 Å². The summed E-state index contributed by atoms with van der Waals surface area (Å²) in [5.41, 5.74) is 3.23. The van der Waals surface area contributed by atoms with E-state index in [2.05, 4.69) is 25.8 Å². The number of carbonyl (C=O) groups excluding carboxylic acids is 1. The number of nitrogens with zero attached hydrogens (tertiary/aromatic N) is 2. The van der Waals surface area contributed by atoms with E-state index in [4.69, 9.17) is 9.72 Å². The van der Waals surface area contributed by atoms with Gasteiger partial charge in [-0.15, -0.1) is 11.3 Å². The molecule has 1 aliphatic heterocycles. The van der Waals surface area contributed by atoms with Gasteiger partial charge in [0.25, 0.3) is 0 Å². The smallest absolute Gasteiger partial charge is 0.338 e. The summed E-state index contributed by atoms with van der Waals surface area (Å²) < 4.78 is 8.59. The Hall–Kier alpha value is -2.12. The van der Waals surface area contributed by atoms with E-state index >= 15 is 0 Å². The molecule has 1 N–H and O–H groups in total. The number of rotatable bonds is 3. The van der Waals surface area contributed by atoms with E-state index in [0.717, 1.165) is 32.0 Å². The average Bonchev–Trinajstić information content (AvgIpc) is 3.19. The van der Waals surface area contributed by atoms with Gasteiger partial charge < -0.3 is 10.1 Å². The van der Waals surface area contributed by atoms with Gasteiger partial charge in [-0.1, -0.05) is 22.0 Å². The lowest BCUT2D eigenvalue weighted by atomic mass is 10.0. The molecule has 0 saturated heterocycles. The Morgan fingerprint density at radius 1 is 1.38 bits per heavy atom. The number of halogens is 1. The third-order valence-corrected chi connectivity index (χ3v) is 5.68. The molecule has 2 aromatic heterocycles. The van der Waals surface area contributed by atoms with E-state index in [1.54, 1.807) is 11.3 Å². The first-order valence-corrected chi connectivity index (χ1v) is 10.0. The molecule has 1 aliphatic rings. The number of benzene rings is 1. The van der Waals surface area contributed by atoms with Crippen LogP contribution >= 0.6 is 27.3 Å². The number of carbonyl (C=O) groups is 1. The van der Waals surface area contributed by atoms with E-state index in [1.165, 1.54) is 0 Å². The highest BCUT2D eigenvalue weighted by atomic mass is 79.9. The minimum absolute atomic E-state index is 0.177. The molecule has 26 heavy (non-hydrogen) atoms. The molecule has 0 fully saturated rings. The van der Waals surface area contributed by atoms with Crippen LogP contribution in [-0.2, 0) is 9.53 Å².